The molecule has 4 heteroatoms. The highest BCUT2D eigenvalue weighted by atomic mass is 16.6. The van der Waals surface area contributed by atoms with Crippen LogP contribution in [0.5, 0.6) is 0 Å². The van der Waals surface area contributed by atoms with E-state index in [1.165, 1.54) is 0 Å². The molecule has 1 heterocycles. The minimum Gasteiger partial charge on any atom is -0.455 e. The Hall–Kier alpha value is -1.45. The number of nitrogen functional groups attached to an aromatic ring is 1. The molecule has 0 aliphatic carbocycles. The first-order chi connectivity index (χ1) is 7.20. The first-order valence-electron chi connectivity index (χ1n) is 5.41. The summed E-state index contributed by atoms with van der Waals surface area (Å²) in [5.74, 6) is -0.335. The van der Waals surface area contributed by atoms with Crippen molar-refractivity contribution >= 4 is 11.7 Å². The van der Waals surface area contributed by atoms with E-state index in [9.17, 15) is 4.79 Å². The third kappa shape index (κ3) is 3.02. The number of aromatic nitrogens is 1. The molecule has 0 unspecified atom stereocenters. The Labute approximate surface area is 96.4 Å². The Morgan fingerprint density at radius 2 is 2.00 bits per heavy atom. The van der Waals surface area contributed by atoms with Gasteiger partial charge in [-0.2, -0.15) is 0 Å². The minimum atomic E-state index is -0.488. The van der Waals surface area contributed by atoms with Gasteiger partial charge >= 0.3 is 5.97 Å². The zero-order valence-corrected chi connectivity index (χ0v) is 10.6. The van der Waals surface area contributed by atoms with Gasteiger partial charge in [0.25, 0.3) is 0 Å². The number of anilines is 1. The van der Waals surface area contributed by atoms with Gasteiger partial charge in [-0.05, 0) is 40.7 Å². The second kappa shape index (κ2) is 4.20. The summed E-state index contributed by atoms with van der Waals surface area (Å²) < 4.78 is 7.14. The van der Waals surface area contributed by atoms with E-state index in [4.69, 9.17) is 10.5 Å². The summed E-state index contributed by atoms with van der Waals surface area (Å²) in [6.45, 7) is 9.52. The van der Waals surface area contributed by atoms with Crippen LogP contribution in [-0.4, -0.2) is 16.1 Å². The predicted octanol–water partition coefficient (Wildman–Crippen LogP) is 2.61. The quantitative estimate of drug-likeness (QED) is 0.785. The molecule has 0 radical (unpaired) electrons. The van der Waals surface area contributed by atoms with E-state index in [-0.39, 0.29) is 12.0 Å². The van der Waals surface area contributed by atoms with Gasteiger partial charge in [0, 0.05) is 12.2 Å². The van der Waals surface area contributed by atoms with Gasteiger partial charge in [0.05, 0.1) is 5.69 Å². The molecule has 2 N–H and O–H groups in total. The maximum atomic E-state index is 11.9. The molecule has 0 spiro atoms. The van der Waals surface area contributed by atoms with Gasteiger partial charge in [-0.15, -0.1) is 0 Å². The number of carbonyl (C=O) groups excluding carboxylic acids is 1. The van der Waals surface area contributed by atoms with Crippen LogP contribution >= 0.6 is 0 Å². The van der Waals surface area contributed by atoms with Crippen molar-refractivity contribution in [2.75, 3.05) is 5.73 Å². The normalized spacial score (nSPS) is 11.9. The van der Waals surface area contributed by atoms with Crippen molar-refractivity contribution in [1.29, 1.82) is 0 Å². The molecule has 0 aliphatic rings. The fourth-order valence-corrected chi connectivity index (χ4v) is 1.42. The predicted molar refractivity (Wildman–Crippen MR) is 64.4 cm³/mol. The van der Waals surface area contributed by atoms with Gasteiger partial charge in [-0.1, -0.05) is 0 Å². The lowest BCUT2D eigenvalue weighted by Crippen LogP contribution is -2.25. The molecule has 90 valence electrons. The molecule has 0 amide bonds. The van der Waals surface area contributed by atoms with Crippen LogP contribution in [0.2, 0.25) is 0 Å². The molecule has 1 rings (SSSR count). The third-order valence-electron chi connectivity index (χ3n) is 2.03. The van der Waals surface area contributed by atoms with E-state index >= 15 is 0 Å². The summed E-state index contributed by atoms with van der Waals surface area (Å²) in [6.07, 6.45) is 1.75. The molecule has 0 aromatic carbocycles. The van der Waals surface area contributed by atoms with E-state index in [0.717, 1.165) is 0 Å². The minimum absolute atomic E-state index is 0.180. The molecule has 0 saturated carbocycles. The Balaban J connectivity index is 2.99. The first-order valence-corrected chi connectivity index (χ1v) is 5.41. The van der Waals surface area contributed by atoms with Crippen LogP contribution in [0.4, 0.5) is 5.69 Å². The fourth-order valence-electron chi connectivity index (χ4n) is 1.42. The zero-order valence-electron chi connectivity index (χ0n) is 10.6. The van der Waals surface area contributed by atoms with Crippen LogP contribution in [-0.2, 0) is 4.74 Å². The van der Waals surface area contributed by atoms with Crippen molar-refractivity contribution in [2.45, 2.75) is 46.3 Å². The molecule has 16 heavy (non-hydrogen) atoms. The number of nitrogens with two attached hydrogens (primary N) is 1. The average molecular weight is 224 g/mol. The number of hydrogen-bond acceptors (Lipinski definition) is 3. The first kappa shape index (κ1) is 12.6. The molecule has 0 atom stereocenters. The monoisotopic (exact) mass is 224 g/mol. The molecule has 0 fully saturated rings. The second-order valence-corrected chi connectivity index (χ2v) is 5.16. The number of nitrogens with zero attached hydrogens (tertiary/aromatic N) is 1. The Morgan fingerprint density at radius 1 is 1.44 bits per heavy atom. The van der Waals surface area contributed by atoms with Gasteiger partial charge in [-0.25, -0.2) is 4.79 Å². The van der Waals surface area contributed by atoms with Gasteiger partial charge in [0.15, 0.2) is 0 Å². The topological polar surface area (TPSA) is 57.2 Å². The Morgan fingerprint density at radius 3 is 2.44 bits per heavy atom. The summed E-state index contributed by atoms with van der Waals surface area (Å²) in [5, 5.41) is 0. The van der Waals surface area contributed by atoms with Crippen LogP contribution in [0.25, 0.3) is 0 Å². The van der Waals surface area contributed by atoms with Gasteiger partial charge < -0.3 is 15.0 Å². The molecule has 4 nitrogen and oxygen atoms in total. The maximum Gasteiger partial charge on any atom is 0.355 e. The average Bonchev–Trinajstić information content (AvgIpc) is 2.44. The smallest absolute Gasteiger partial charge is 0.355 e. The van der Waals surface area contributed by atoms with Crippen LogP contribution in [0, 0.1) is 0 Å². The third-order valence-corrected chi connectivity index (χ3v) is 2.03. The Kier molecular flexibility index (Phi) is 3.31. The lowest BCUT2D eigenvalue weighted by molar-refractivity contribution is 0.00562. The van der Waals surface area contributed by atoms with E-state index in [0.29, 0.717) is 11.4 Å². The van der Waals surface area contributed by atoms with Crippen molar-refractivity contribution in [2.24, 2.45) is 0 Å². The van der Waals surface area contributed by atoms with Crippen molar-refractivity contribution < 1.29 is 9.53 Å². The standard InChI is InChI=1S/C12H20N2O2/c1-8(2)14-7-9(13)6-10(14)11(15)16-12(3,4)5/h6-8H,13H2,1-5H3. The lowest BCUT2D eigenvalue weighted by atomic mass is 10.2. The van der Waals surface area contributed by atoms with Crippen LogP contribution in [0.15, 0.2) is 12.3 Å². The maximum absolute atomic E-state index is 11.9. The van der Waals surface area contributed by atoms with Crippen LogP contribution in [0.3, 0.4) is 0 Å². The highest BCUT2D eigenvalue weighted by molar-refractivity contribution is 5.89. The summed E-state index contributed by atoms with van der Waals surface area (Å²) in [5.41, 5.74) is 6.28. The molecule has 1 aromatic rings. The number of rotatable bonds is 2. The summed E-state index contributed by atoms with van der Waals surface area (Å²) in [7, 11) is 0. The van der Waals surface area contributed by atoms with E-state index < -0.39 is 5.60 Å². The second-order valence-electron chi connectivity index (χ2n) is 5.16. The molecule has 0 saturated heterocycles. The fraction of sp³-hybridized carbons (Fsp3) is 0.583. The molecular weight excluding hydrogens is 204 g/mol. The Bertz CT molecular complexity index is 386. The molecule has 0 bridgehead atoms. The summed E-state index contributed by atoms with van der Waals surface area (Å²) in [6, 6.07) is 1.83. The largest absolute Gasteiger partial charge is 0.455 e. The lowest BCUT2D eigenvalue weighted by Gasteiger charge is -2.20. The van der Waals surface area contributed by atoms with E-state index in [1.54, 1.807) is 12.3 Å². The van der Waals surface area contributed by atoms with Crippen molar-refractivity contribution in [3.05, 3.63) is 18.0 Å². The zero-order chi connectivity index (χ0) is 12.5. The summed E-state index contributed by atoms with van der Waals surface area (Å²) in [4.78, 5) is 11.9. The number of esters is 1. The van der Waals surface area contributed by atoms with Gasteiger partial charge in [-0.3, -0.25) is 0 Å². The van der Waals surface area contributed by atoms with Gasteiger partial charge in [0.2, 0.25) is 0 Å². The SMILES string of the molecule is CC(C)n1cc(N)cc1C(=O)OC(C)(C)C. The van der Waals surface area contributed by atoms with Crippen molar-refractivity contribution in [3.8, 4) is 0 Å². The highest BCUT2D eigenvalue weighted by Crippen LogP contribution is 2.19. The van der Waals surface area contributed by atoms with E-state index in [1.807, 2.05) is 39.2 Å². The van der Waals surface area contributed by atoms with E-state index in [2.05, 4.69) is 0 Å². The van der Waals surface area contributed by atoms with Crippen molar-refractivity contribution in [1.82, 2.24) is 4.57 Å². The van der Waals surface area contributed by atoms with Crippen molar-refractivity contribution in [3.63, 3.8) is 0 Å². The van der Waals surface area contributed by atoms with Crippen LogP contribution < -0.4 is 5.73 Å². The number of ether oxygens (including phenoxy) is 1. The molecule has 1 aromatic heterocycles. The molecular formula is C12H20N2O2. The molecule has 0 aliphatic heterocycles. The summed E-state index contributed by atoms with van der Waals surface area (Å²) >= 11 is 0. The number of hydrogen-bond donors (Lipinski definition) is 1. The van der Waals surface area contributed by atoms with Crippen LogP contribution in [0.1, 0.15) is 51.1 Å². The van der Waals surface area contributed by atoms with Gasteiger partial charge in [0.1, 0.15) is 11.3 Å². The highest BCUT2D eigenvalue weighted by Gasteiger charge is 2.21. The number of carbonyl (C=O) groups is 1.